The highest BCUT2D eigenvalue weighted by Crippen LogP contribution is 2.25. The maximum Gasteiger partial charge on any atom is 0.143 e. The van der Waals surface area contributed by atoms with Crippen molar-refractivity contribution in [2.75, 3.05) is 0 Å². The van der Waals surface area contributed by atoms with Gasteiger partial charge in [0.05, 0.1) is 16.3 Å². The molecule has 17 heavy (non-hydrogen) atoms. The predicted molar refractivity (Wildman–Crippen MR) is 66.0 cm³/mol. The van der Waals surface area contributed by atoms with E-state index in [2.05, 4.69) is 21.0 Å². The number of aliphatic hydroxyl groups excluding tert-OH is 1. The van der Waals surface area contributed by atoms with E-state index in [0.29, 0.717) is 10.9 Å². The summed E-state index contributed by atoms with van der Waals surface area (Å²) in [5, 5.41) is 14.1. The predicted octanol–water partition coefficient (Wildman–Crippen LogP) is 2.60. The molecule has 0 radical (unpaired) electrons. The highest BCUT2D eigenvalue weighted by atomic mass is 79.9. The zero-order valence-electron chi connectivity index (χ0n) is 9.27. The van der Waals surface area contributed by atoms with Gasteiger partial charge in [0, 0.05) is 25.2 Å². The van der Waals surface area contributed by atoms with Crippen LogP contribution in [0.15, 0.2) is 34.9 Å². The molecule has 0 saturated heterocycles. The Balaban J connectivity index is 2.20. The van der Waals surface area contributed by atoms with Crippen LogP contribution in [0.5, 0.6) is 0 Å². The Labute approximate surface area is 107 Å². The monoisotopic (exact) mass is 298 g/mol. The van der Waals surface area contributed by atoms with E-state index in [1.165, 1.54) is 0 Å². The quantitative estimate of drug-likeness (QED) is 0.946. The Bertz CT molecular complexity index is 527. The molecule has 90 valence electrons. The molecule has 2 rings (SSSR count). The smallest absolute Gasteiger partial charge is 0.143 e. The van der Waals surface area contributed by atoms with Crippen molar-refractivity contribution in [3.63, 3.8) is 0 Å². The molecule has 0 aliphatic rings. The van der Waals surface area contributed by atoms with Crippen molar-refractivity contribution in [1.82, 2.24) is 9.78 Å². The van der Waals surface area contributed by atoms with Crippen LogP contribution < -0.4 is 0 Å². The third kappa shape index (κ3) is 2.73. The topological polar surface area (TPSA) is 38.0 Å². The van der Waals surface area contributed by atoms with E-state index in [4.69, 9.17) is 0 Å². The van der Waals surface area contributed by atoms with Crippen LogP contribution in [0, 0.1) is 5.82 Å². The van der Waals surface area contributed by atoms with Crippen LogP contribution in [-0.2, 0) is 13.5 Å². The van der Waals surface area contributed by atoms with Crippen LogP contribution in [0.3, 0.4) is 0 Å². The minimum absolute atomic E-state index is 0.282. The molecule has 2 aromatic rings. The first-order chi connectivity index (χ1) is 8.08. The number of rotatable bonds is 3. The zero-order chi connectivity index (χ0) is 12.4. The summed E-state index contributed by atoms with van der Waals surface area (Å²) in [7, 11) is 1.80. The Morgan fingerprint density at radius 2 is 2.24 bits per heavy atom. The molecule has 1 aromatic carbocycles. The van der Waals surface area contributed by atoms with Crippen LogP contribution in [0.1, 0.15) is 17.4 Å². The van der Waals surface area contributed by atoms with Gasteiger partial charge in [-0.25, -0.2) is 4.39 Å². The third-order valence-corrected chi connectivity index (χ3v) is 3.12. The van der Waals surface area contributed by atoms with E-state index in [1.54, 1.807) is 42.2 Å². The molecule has 3 nitrogen and oxygen atoms in total. The molecular weight excluding hydrogens is 287 g/mol. The van der Waals surface area contributed by atoms with Crippen LogP contribution in [0.2, 0.25) is 0 Å². The number of aliphatic hydroxyl groups is 1. The van der Waals surface area contributed by atoms with Gasteiger partial charge in [0.2, 0.25) is 0 Å². The highest BCUT2D eigenvalue weighted by Gasteiger charge is 2.16. The number of nitrogens with zero attached hydrogens (tertiary/aromatic N) is 2. The molecule has 0 saturated carbocycles. The van der Waals surface area contributed by atoms with E-state index in [0.717, 1.165) is 5.69 Å². The summed E-state index contributed by atoms with van der Waals surface area (Å²) in [6.45, 7) is 0. The fourth-order valence-corrected chi connectivity index (χ4v) is 2.04. The number of halogens is 2. The molecule has 0 aliphatic carbocycles. The van der Waals surface area contributed by atoms with Gasteiger partial charge in [0.1, 0.15) is 5.82 Å². The largest absolute Gasteiger partial charge is 0.388 e. The number of aryl methyl sites for hydroxylation is 1. The normalized spacial score (nSPS) is 12.7. The van der Waals surface area contributed by atoms with Crippen molar-refractivity contribution in [2.45, 2.75) is 12.5 Å². The van der Waals surface area contributed by atoms with Crippen LogP contribution in [0.4, 0.5) is 4.39 Å². The molecule has 0 spiro atoms. The maximum absolute atomic E-state index is 13.7. The lowest BCUT2D eigenvalue weighted by Gasteiger charge is -2.11. The summed E-state index contributed by atoms with van der Waals surface area (Å²) < 4.78 is 15.7. The molecule has 1 atom stereocenters. The lowest BCUT2D eigenvalue weighted by Crippen LogP contribution is -2.05. The maximum atomic E-state index is 13.7. The van der Waals surface area contributed by atoms with Gasteiger partial charge in [-0.3, -0.25) is 4.68 Å². The molecule has 0 amide bonds. The fourth-order valence-electron chi connectivity index (χ4n) is 1.66. The van der Waals surface area contributed by atoms with Crippen molar-refractivity contribution < 1.29 is 9.50 Å². The van der Waals surface area contributed by atoms with E-state index in [-0.39, 0.29) is 5.56 Å². The third-order valence-electron chi connectivity index (χ3n) is 2.51. The second-order valence-electron chi connectivity index (χ2n) is 3.84. The molecule has 1 aromatic heterocycles. The van der Waals surface area contributed by atoms with E-state index < -0.39 is 11.9 Å². The second kappa shape index (κ2) is 4.98. The van der Waals surface area contributed by atoms with Crippen molar-refractivity contribution >= 4 is 15.9 Å². The van der Waals surface area contributed by atoms with Gasteiger partial charge in [-0.1, -0.05) is 12.1 Å². The van der Waals surface area contributed by atoms with Crippen molar-refractivity contribution in [2.24, 2.45) is 7.05 Å². The molecular formula is C12H12BrFN2O. The molecule has 0 bridgehead atoms. The average molecular weight is 299 g/mol. The highest BCUT2D eigenvalue weighted by molar-refractivity contribution is 9.10. The molecule has 1 unspecified atom stereocenters. The summed E-state index contributed by atoms with van der Waals surface area (Å²) in [5.74, 6) is -0.420. The standard InChI is InChI=1S/C12H12BrFN2O/c1-16-6-5-8(15-16)7-11(17)9-3-2-4-10(13)12(9)14/h2-6,11,17H,7H2,1H3. The summed E-state index contributed by atoms with van der Waals surface area (Å²) in [5.41, 5.74) is 1.02. The number of hydrogen-bond donors (Lipinski definition) is 1. The minimum atomic E-state index is -0.887. The lowest BCUT2D eigenvalue weighted by atomic mass is 10.0. The minimum Gasteiger partial charge on any atom is -0.388 e. The Morgan fingerprint density at radius 3 is 2.88 bits per heavy atom. The Hall–Kier alpha value is -1.20. The first-order valence-electron chi connectivity index (χ1n) is 5.18. The fraction of sp³-hybridized carbons (Fsp3) is 0.250. The molecule has 1 N–H and O–H groups in total. The second-order valence-corrected chi connectivity index (χ2v) is 4.70. The molecule has 0 fully saturated rings. The van der Waals surface area contributed by atoms with Crippen molar-refractivity contribution in [1.29, 1.82) is 0 Å². The van der Waals surface area contributed by atoms with Crippen molar-refractivity contribution in [3.8, 4) is 0 Å². The zero-order valence-corrected chi connectivity index (χ0v) is 10.9. The number of benzene rings is 1. The molecule has 5 heteroatoms. The number of hydrogen-bond acceptors (Lipinski definition) is 2. The van der Waals surface area contributed by atoms with Crippen LogP contribution >= 0.6 is 15.9 Å². The van der Waals surface area contributed by atoms with E-state index in [9.17, 15) is 9.50 Å². The molecule has 0 aliphatic heterocycles. The summed E-state index contributed by atoms with van der Waals surface area (Å²) >= 11 is 3.10. The van der Waals surface area contributed by atoms with E-state index >= 15 is 0 Å². The van der Waals surface area contributed by atoms with Gasteiger partial charge in [0.25, 0.3) is 0 Å². The average Bonchev–Trinajstić information content (AvgIpc) is 2.68. The van der Waals surface area contributed by atoms with Gasteiger partial charge < -0.3 is 5.11 Å². The molecule has 1 heterocycles. The van der Waals surface area contributed by atoms with Gasteiger partial charge in [-0.2, -0.15) is 5.10 Å². The SMILES string of the molecule is Cn1ccc(CC(O)c2cccc(Br)c2F)n1. The number of aromatic nitrogens is 2. The van der Waals surface area contributed by atoms with Gasteiger partial charge in [-0.15, -0.1) is 0 Å². The lowest BCUT2D eigenvalue weighted by molar-refractivity contribution is 0.172. The summed E-state index contributed by atoms with van der Waals surface area (Å²) in [4.78, 5) is 0. The van der Waals surface area contributed by atoms with Crippen LogP contribution in [-0.4, -0.2) is 14.9 Å². The van der Waals surface area contributed by atoms with Gasteiger partial charge in [-0.05, 0) is 28.1 Å². The van der Waals surface area contributed by atoms with Crippen LogP contribution in [0.25, 0.3) is 0 Å². The summed E-state index contributed by atoms with van der Waals surface area (Å²) in [6.07, 6.45) is 1.20. The Morgan fingerprint density at radius 1 is 1.47 bits per heavy atom. The van der Waals surface area contributed by atoms with E-state index in [1.807, 2.05) is 0 Å². The first-order valence-corrected chi connectivity index (χ1v) is 5.97. The van der Waals surface area contributed by atoms with Crippen molar-refractivity contribution in [3.05, 3.63) is 52.0 Å². The van der Waals surface area contributed by atoms with Gasteiger partial charge >= 0.3 is 0 Å². The Kier molecular flexibility index (Phi) is 3.59. The first kappa shape index (κ1) is 12.3. The van der Waals surface area contributed by atoms with Gasteiger partial charge in [0.15, 0.2) is 0 Å². The summed E-state index contributed by atoms with van der Waals surface area (Å²) in [6, 6.07) is 6.68.